The van der Waals surface area contributed by atoms with Gasteiger partial charge in [-0.25, -0.2) is 9.59 Å². The van der Waals surface area contributed by atoms with Crippen LogP contribution in [0.4, 0.5) is 10.5 Å². The van der Waals surface area contributed by atoms with Crippen LogP contribution in [0.25, 0.3) is 11.1 Å². The van der Waals surface area contributed by atoms with Crippen molar-refractivity contribution in [3.8, 4) is 11.1 Å². The maximum absolute atomic E-state index is 12.9. The van der Waals surface area contributed by atoms with Crippen molar-refractivity contribution in [2.24, 2.45) is 7.05 Å². The van der Waals surface area contributed by atoms with Gasteiger partial charge < -0.3 is 20.5 Å². The molecule has 0 radical (unpaired) electrons. The molecule has 9 nitrogen and oxygen atoms in total. The SMILES string of the molecule is CSCCC(NC(=O)OCC1c2ccccc2-c2ccccc21)C(=O)Nc1cnn(C)c1C(=O)O. The molecule has 2 amide bonds. The smallest absolute Gasteiger partial charge is 0.407 e. The van der Waals surface area contributed by atoms with Gasteiger partial charge in [0.05, 0.1) is 11.9 Å². The van der Waals surface area contributed by atoms with E-state index in [0.29, 0.717) is 12.2 Å². The van der Waals surface area contributed by atoms with Crippen LogP contribution in [-0.4, -0.2) is 57.5 Å². The molecule has 3 N–H and O–H groups in total. The predicted octanol–water partition coefficient (Wildman–Crippen LogP) is 3.72. The van der Waals surface area contributed by atoms with Crippen LogP contribution in [0, 0.1) is 0 Å². The summed E-state index contributed by atoms with van der Waals surface area (Å²) in [6.07, 6.45) is 2.80. The standard InChI is InChI=1S/C25H26N4O5S/c1-29-22(24(31)32)21(13-26-29)27-23(30)20(11-12-35-2)28-25(33)34-14-19-17-9-5-3-7-15(17)16-8-4-6-10-18(16)19/h3-10,13,19-20H,11-12,14H2,1-2H3,(H,27,30)(H,28,33)(H,31,32). The van der Waals surface area contributed by atoms with E-state index in [-0.39, 0.29) is 23.9 Å². The topological polar surface area (TPSA) is 123 Å². The zero-order valence-electron chi connectivity index (χ0n) is 19.4. The van der Waals surface area contributed by atoms with E-state index in [1.54, 1.807) is 0 Å². The lowest BCUT2D eigenvalue weighted by Crippen LogP contribution is -2.44. The van der Waals surface area contributed by atoms with Crippen molar-refractivity contribution in [1.82, 2.24) is 15.1 Å². The number of nitrogens with zero attached hydrogens (tertiary/aromatic N) is 2. The van der Waals surface area contributed by atoms with Gasteiger partial charge >= 0.3 is 12.1 Å². The molecule has 4 rings (SSSR count). The maximum Gasteiger partial charge on any atom is 0.407 e. The Morgan fingerprint density at radius 1 is 1.11 bits per heavy atom. The Bertz CT molecular complexity index is 1210. The monoisotopic (exact) mass is 494 g/mol. The average molecular weight is 495 g/mol. The second-order valence-electron chi connectivity index (χ2n) is 8.13. The van der Waals surface area contributed by atoms with Gasteiger partial charge in [-0.2, -0.15) is 16.9 Å². The second-order valence-corrected chi connectivity index (χ2v) is 9.11. The lowest BCUT2D eigenvalue weighted by atomic mass is 9.98. The highest BCUT2D eigenvalue weighted by atomic mass is 32.2. The molecule has 1 unspecified atom stereocenters. The number of amides is 2. The van der Waals surface area contributed by atoms with Crippen LogP contribution in [0.2, 0.25) is 0 Å². The summed E-state index contributed by atoms with van der Waals surface area (Å²) in [5.41, 5.74) is 4.35. The lowest BCUT2D eigenvalue weighted by Gasteiger charge is -2.19. The van der Waals surface area contributed by atoms with E-state index in [0.717, 1.165) is 26.9 Å². The van der Waals surface area contributed by atoms with Crippen molar-refractivity contribution in [3.63, 3.8) is 0 Å². The molecule has 1 atom stereocenters. The van der Waals surface area contributed by atoms with Crippen LogP contribution in [-0.2, 0) is 16.6 Å². The zero-order chi connectivity index (χ0) is 24.9. The molecule has 0 aliphatic heterocycles. The highest BCUT2D eigenvalue weighted by Crippen LogP contribution is 2.44. The second kappa shape index (κ2) is 10.6. The summed E-state index contributed by atoms with van der Waals surface area (Å²) in [6.45, 7) is 0.127. The molecule has 0 fully saturated rings. The Hall–Kier alpha value is -3.79. The van der Waals surface area contributed by atoms with Crippen molar-refractivity contribution in [2.45, 2.75) is 18.4 Å². The van der Waals surface area contributed by atoms with Crippen LogP contribution in [0.1, 0.15) is 34.0 Å². The number of thioether (sulfide) groups is 1. The number of benzene rings is 2. The number of carbonyl (C=O) groups is 3. The Labute approximate surface area is 206 Å². The minimum atomic E-state index is -1.22. The fourth-order valence-electron chi connectivity index (χ4n) is 4.29. The minimum absolute atomic E-state index is 0.0634. The number of carboxylic acids is 1. The van der Waals surface area contributed by atoms with E-state index in [1.165, 1.54) is 25.0 Å². The molecule has 0 bridgehead atoms. The summed E-state index contributed by atoms with van der Waals surface area (Å²) in [4.78, 5) is 37.1. The molecule has 0 saturated carbocycles. The first-order valence-corrected chi connectivity index (χ1v) is 12.5. The molecule has 1 aliphatic rings. The van der Waals surface area contributed by atoms with Crippen LogP contribution >= 0.6 is 11.8 Å². The van der Waals surface area contributed by atoms with Crippen LogP contribution < -0.4 is 10.6 Å². The molecule has 2 aromatic carbocycles. The average Bonchev–Trinajstić information content (AvgIpc) is 3.37. The van der Waals surface area contributed by atoms with Gasteiger partial charge in [-0.15, -0.1) is 0 Å². The van der Waals surface area contributed by atoms with Gasteiger partial charge in [0.2, 0.25) is 5.91 Å². The summed E-state index contributed by atoms with van der Waals surface area (Å²) in [7, 11) is 1.47. The number of carbonyl (C=O) groups excluding carboxylic acids is 2. The number of hydrogen-bond acceptors (Lipinski definition) is 6. The Kier molecular flexibility index (Phi) is 7.40. The number of hydrogen-bond donors (Lipinski definition) is 3. The summed E-state index contributed by atoms with van der Waals surface area (Å²) in [5.74, 6) is -1.24. The number of nitrogens with one attached hydrogen (secondary N) is 2. The quantitative estimate of drug-likeness (QED) is 0.414. The third kappa shape index (κ3) is 5.17. The molecular formula is C25H26N4O5S. The number of anilines is 1. The molecule has 10 heteroatoms. The van der Waals surface area contributed by atoms with Crippen molar-refractivity contribution in [2.75, 3.05) is 23.9 Å². The van der Waals surface area contributed by atoms with Gasteiger partial charge in [0.25, 0.3) is 0 Å². The molecular weight excluding hydrogens is 468 g/mol. The van der Waals surface area contributed by atoms with Gasteiger partial charge in [-0.1, -0.05) is 48.5 Å². The van der Waals surface area contributed by atoms with Gasteiger partial charge in [0.15, 0.2) is 5.69 Å². The summed E-state index contributed by atoms with van der Waals surface area (Å²) in [5, 5.41) is 18.5. The summed E-state index contributed by atoms with van der Waals surface area (Å²) in [6, 6.07) is 15.2. The number of alkyl carbamates (subject to hydrolysis) is 1. The fourth-order valence-corrected chi connectivity index (χ4v) is 4.76. The molecule has 1 heterocycles. The van der Waals surface area contributed by atoms with Gasteiger partial charge in [-0.3, -0.25) is 9.48 Å². The van der Waals surface area contributed by atoms with E-state index >= 15 is 0 Å². The van der Waals surface area contributed by atoms with E-state index < -0.39 is 24.0 Å². The zero-order valence-corrected chi connectivity index (χ0v) is 20.2. The largest absolute Gasteiger partial charge is 0.476 e. The van der Waals surface area contributed by atoms with E-state index in [1.807, 2.05) is 42.7 Å². The first kappa shape index (κ1) is 24.3. The molecule has 3 aromatic rings. The van der Waals surface area contributed by atoms with Crippen molar-refractivity contribution < 1.29 is 24.2 Å². The van der Waals surface area contributed by atoms with Crippen LogP contribution in [0.15, 0.2) is 54.7 Å². The first-order valence-electron chi connectivity index (χ1n) is 11.1. The van der Waals surface area contributed by atoms with Gasteiger partial charge in [0.1, 0.15) is 12.6 Å². The predicted molar refractivity (Wildman–Crippen MR) is 134 cm³/mol. The Morgan fingerprint density at radius 3 is 2.34 bits per heavy atom. The number of aromatic carboxylic acids is 1. The minimum Gasteiger partial charge on any atom is -0.476 e. The Balaban J connectivity index is 1.43. The third-order valence-corrected chi connectivity index (χ3v) is 6.61. The highest BCUT2D eigenvalue weighted by Gasteiger charge is 2.30. The molecule has 0 saturated heterocycles. The summed E-state index contributed by atoms with van der Waals surface area (Å²) >= 11 is 1.53. The first-order chi connectivity index (χ1) is 16.9. The normalized spacial score (nSPS) is 13.0. The van der Waals surface area contributed by atoms with Crippen LogP contribution in [0.3, 0.4) is 0 Å². The third-order valence-electron chi connectivity index (χ3n) is 5.96. The number of rotatable bonds is 9. The van der Waals surface area contributed by atoms with Gasteiger partial charge in [0, 0.05) is 13.0 Å². The molecule has 0 spiro atoms. The van der Waals surface area contributed by atoms with Crippen molar-refractivity contribution >= 4 is 35.4 Å². The lowest BCUT2D eigenvalue weighted by molar-refractivity contribution is -0.118. The van der Waals surface area contributed by atoms with Crippen molar-refractivity contribution in [1.29, 1.82) is 0 Å². The fraction of sp³-hybridized carbons (Fsp3) is 0.280. The number of aryl methyl sites for hydroxylation is 1. The number of carboxylic acid groups (broad SMARTS) is 1. The number of fused-ring (bicyclic) bond motifs is 3. The highest BCUT2D eigenvalue weighted by molar-refractivity contribution is 7.98. The summed E-state index contributed by atoms with van der Waals surface area (Å²) < 4.78 is 6.73. The number of aromatic nitrogens is 2. The molecule has 1 aliphatic carbocycles. The van der Waals surface area contributed by atoms with Crippen LogP contribution in [0.5, 0.6) is 0 Å². The van der Waals surface area contributed by atoms with E-state index in [2.05, 4.69) is 27.9 Å². The Morgan fingerprint density at radius 2 is 1.74 bits per heavy atom. The molecule has 35 heavy (non-hydrogen) atoms. The molecule has 182 valence electrons. The number of ether oxygens (including phenoxy) is 1. The van der Waals surface area contributed by atoms with E-state index in [4.69, 9.17) is 4.74 Å². The van der Waals surface area contributed by atoms with Gasteiger partial charge in [-0.05, 0) is 40.7 Å². The maximum atomic E-state index is 12.9. The molecule has 1 aromatic heterocycles. The van der Waals surface area contributed by atoms with E-state index in [9.17, 15) is 19.5 Å². The van der Waals surface area contributed by atoms with Crippen molar-refractivity contribution in [3.05, 3.63) is 71.5 Å².